The third-order valence-corrected chi connectivity index (χ3v) is 14.9. The van der Waals surface area contributed by atoms with Crippen molar-refractivity contribution in [2.75, 3.05) is 0 Å². The van der Waals surface area contributed by atoms with E-state index < -0.39 is 8.07 Å². The van der Waals surface area contributed by atoms with E-state index in [1.165, 1.54) is 66.1 Å². The normalized spacial score (nSPS) is 17.6. The molecule has 0 saturated carbocycles. The van der Waals surface area contributed by atoms with Gasteiger partial charge in [-0.25, -0.2) is 0 Å². The summed E-state index contributed by atoms with van der Waals surface area (Å²) in [5.41, 5.74) is 10.4. The molecule has 6 aromatic rings. The second-order valence-electron chi connectivity index (χ2n) is 12.4. The molecule has 2 aliphatic carbocycles. The number of allylic oxidation sites excluding steroid dienone is 2. The van der Waals surface area contributed by atoms with Gasteiger partial charge in [0.15, 0.2) is 0 Å². The highest BCUT2D eigenvalue weighted by atomic mass is 35.5. The Morgan fingerprint density at radius 3 is 1.28 bits per heavy atom. The fourth-order valence-corrected chi connectivity index (χ4v) is 14.0. The van der Waals surface area contributed by atoms with Crippen molar-refractivity contribution in [2.24, 2.45) is 0 Å². The largest absolute Gasteiger partial charge is 0.0888 e. The van der Waals surface area contributed by atoms with Crippen molar-refractivity contribution in [3.05, 3.63) is 154 Å². The van der Waals surface area contributed by atoms with E-state index in [1.807, 2.05) is 0 Å². The standard InChI is InChI=1S/C40H30Cl2Si/c1-43(2,39-33-21-9-19-31(35(33)23-37(39)41)29-17-7-13-25-11-3-5-15-27(25)29)40-34-22-10-20-32(36(34)24-38(40)42)30-18-8-14-26-12-4-6-16-28(26)30/h3-24,39-40H,1-2H3. The van der Waals surface area contributed by atoms with E-state index in [2.05, 4.69) is 147 Å². The minimum absolute atomic E-state index is 0.151. The van der Waals surface area contributed by atoms with E-state index in [-0.39, 0.29) is 11.1 Å². The Bertz CT molecular complexity index is 1990. The Hall–Kier alpha value is -3.88. The van der Waals surface area contributed by atoms with E-state index in [4.69, 9.17) is 23.2 Å². The predicted molar refractivity (Wildman–Crippen MR) is 189 cm³/mol. The first-order valence-electron chi connectivity index (χ1n) is 14.9. The molecule has 43 heavy (non-hydrogen) atoms. The van der Waals surface area contributed by atoms with Crippen LogP contribution in [0.15, 0.2) is 131 Å². The van der Waals surface area contributed by atoms with Gasteiger partial charge in [0, 0.05) is 21.1 Å². The van der Waals surface area contributed by atoms with Crippen LogP contribution in [0.5, 0.6) is 0 Å². The molecule has 0 aliphatic heterocycles. The van der Waals surface area contributed by atoms with Crippen LogP contribution in [-0.2, 0) is 0 Å². The number of rotatable bonds is 4. The summed E-state index contributed by atoms with van der Waals surface area (Å²) in [6.07, 6.45) is 4.46. The Kier molecular flexibility index (Phi) is 6.27. The molecule has 0 saturated heterocycles. The SMILES string of the molecule is C[Si](C)(C1C(Cl)=Cc2c(-c3cccc4ccccc34)cccc21)C1C(Cl)=Cc2c(-c3cccc4ccccc34)cccc21. The average molecular weight is 610 g/mol. The maximum absolute atomic E-state index is 7.28. The first-order valence-corrected chi connectivity index (χ1v) is 18.8. The van der Waals surface area contributed by atoms with Crippen molar-refractivity contribution in [1.29, 1.82) is 0 Å². The zero-order valence-electron chi connectivity index (χ0n) is 24.1. The molecule has 2 atom stereocenters. The molecule has 3 heteroatoms. The molecule has 0 aromatic heterocycles. The number of hydrogen-bond acceptors (Lipinski definition) is 0. The first kappa shape index (κ1) is 26.7. The fourth-order valence-electron chi connectivity index (χ4n) is 7.80. The van der Waals surface area contributed by atoms with Gasteiger partial charge in [-0.05, 0) is 78.2 Å². The molecule has 0 bridgehead atoms. The number of fused-ring (bicyclic) bond motifs is 4. The van der Waals surface area contributed by atoms with Crippen molar-refractivity contribution in [2.45, 2.75) is 24.2 Å². The highest BCUT2D eigenvalue weighted by Gasteiger charge is 2.48. The Balaban J connectivity index is 1.25. The molecule has 0 heterocycles. The molecule has 208 valence electrons. The van der Waals surface area contributed by atoms with Gasteiger partial charge < -0.3 is 0 Å². The van der Waals surface area contributed by atoms with Crippen molar-refractivity contribution >= 4 is 65.0 Å². The van der Waals surface area contributed by atoms with Gasteiger partial charge in [0.2, 0.25) is 0 Å². The van der Waals surface area contributed by atoms with E-state index in [9.17, 15) is 0 Å². The van der Waals surface area contributed by atoms with Crippen LogP contribution in [0.1, 0.15) is 33.3 Å². The highest BCUT2D eigenvalue weighted by molar-refractivity contribution is 6.83. The van der Waals surface area contributed by atoms with Crippen LogP contribution in [0, 0.1) is 0 Å². The zero-order chi connectivity index (χ0) is 29.3. The predicted octanol–water partition coefficient (Wildman–Crippen LogP) is 12.2. The Morgan fingerprint density at radius 2 is 0.814 bits per heavy atom. The topological polar surface area (TPSA) is 0 Å². The molecule has 6 aromatic carbocycles. The molecule has 0 radical (unpaired) electrons. The van der Waals surface area contributed by atoms with Crippen LogP contribution in [0.3, 0.4) is 0 Å². The Labute approximate surface area is 263 Å². The third kappa shape index (κ3) is 4.10. The lowest BCUT2D eigenvalue weighted by Crippen LogP contribution is -2.41. The second kappa shape index (κ2) is 10.1. The lowest BCUT2D eigenvalue weighted by atomic mass is 9.93. The van der Waals surface area contributed by atoms with Gasteiger partial charge in [0.25, 0.3) is 0 Å². The van der Waals surface area contributed by atoms with E-state index >= 15 is 0 Å². The summed E-state index contributed by atoms with van der Waals surface area (Å²) in [6.45, 7) is 4.93. The van der Waals surface area contributed by atoms with Gasteiger partial charge in [-0.2, -0.15) is 0 Å². The smallest absolute Gasteiger partial charge is 0.0753 e. The summed E-state index contributed by atoms with van der Waals surface area (Å²) >= 11 is 14.6. The van der Waals surface area contributed by atoms with Crippen LogP contribution < -0.4 is 0 Å². The van der Waals surface area contributed by atoms with Gasteiger partial charge >= 0.3 is 0 Å². The number of halogens is 2. The van der Waals surface area contributed by atoms with Crippen LogP contribution in [0.4, 0.5) is 0 Å². The number of hydrogen-bond donors (Lipinski definition) is 0. The molecular formula is C40H30Cl2Si. The average Bonchev–Trinajstić information content (AvgIpc) is 3.56. The van der Waals surface area contributed by atoms with Crippen LogP contribution in [0.2, 0.25) is 13.1 Å². The zero-order valence-corrected chi connectivity index (χ0v) is 26.6. The lowest BCUT2D eigenvalue weighted by molar-refractivity contribution is 1.03. The molecule has 2 unspecified atom stereocenters. The summed E-state index contributed by atoms with van der Waals surface area (Å²) in [4.78, 5) is 0. The minimum atomic E-state index is -2.22. The maximum Gasteiger partial charge on any atom is 0.0753 e. The lowest BCUT2D eigenvalue weighted by Gasteiger charge is -2.37. The van der Waals surface area contributed by atoms with E-state index in [0.29, 0.717) is 0 Å². The van der Waals surface area contributed by atoms with E-state index in [1.54, 1.807) is 0 Å². The van der Waals surface area contributed by atoms with Gasteiger partial charge in [-0.1, -0.05) is 158 Å². The van der Waals surface area contributed by atoms with Crippen molar-refractivity contribution in [1.82, 2.24) is 0 Å². The fraction of sp³-hybridized carbons (Fsp3) is 0.100. The van der Waals surface area contributed by atoms with Gasteiger partial charge in [-0.3, -0.25) is 0 Å². The molecule has 0 amide bonds. The summed E-state index contributed by atoms with van der Waals surface area (Å²) in [5, 5.41) is 6.89. The number of benzene rings is 6. The Morgan fingerprint density at radius 1 is 0.442 bits per heavy atom. The van der Waals surface area contributed by atoms with Crippen LogP contribution in [0.25, 0.3) is 56.0 Å². The molecule has 0 spiro atoms. The first-order chi connectivity index (χ1) is 20.9. The summed E-state index contributed by atoms with van der Waals surface area (Å²) in [7, 11) is -2.22. The van der Waals surface area contributed by atoms with Crippen molar-refractivity contribution < 1.29 is 0 Å². The van der Waals surface area contributed by atoms with Gasteiger partial charge in [-0.15, -0.1) is 0 Å². The molecule has 0 N–H and O–H groups in total. The summed E-state index contributed by atoms with van der Waals surface area (Å²) in [5.74, 6) is 0. The van der Waals surface area contributed by atoms with Crippen LogP contribution in [-0.4, -0.2) is 8.07 Å². The monoisotopic (exact) mass is 608 g/mol. The highest BCUT2D eigenvalue weighted by Crippen LogP contribution is 2.56. The minimum Gasteiger partial charge on any atom is -0.0888 e. The van der Waals surface area contributed by atoms with Crippen LogP contribution >= 0.6 is 23.2 Å². The second-order valence-corrected chi connectivity index (χ2v) is 18.1. The summed E-state index contributed by atoms with van der Waals surface area (Å²) < 4.78 is 0. The molecular weight excluding hydrogens is 579 g/mol. The van der Waals surface area contributed by atoms with Gasteiger partial charge in [0.05, 0.1) is 8.07 Å². The maximum atomic E-state index is 7.28. The van der Waals surface area contributed by atoms with Gasteiger partial charge in [0.1, 0.15) is 0 Å². The third-order valence-electron chi connectivity index (χ3n) is 9.67. The van der Waals surface area contributed by atoms with Crippen molar-refractivity contribution in [3.8, 4) is 22.3 Å². The quantitative estimate of drug-likeness (QED) is 0.174. The van der Waals surface area contributed by atoms with Crippen molar-refractivity contribution in [3.63, 3.8) is 0 Å². The molecule has 0 fully saturated rings. The summed E-state index contributed by atoms with van der Waals surface area (Å²) in [6, 6.07) is 43.8. The van der Waals surface area contributed by atoms with E-state index in [0.717, 1.165) is 10.1 Å². The molecule has 8 rings (SSSR count). The molecule has 0 nitrogen and oxygen atoms in total. The molecule has 2 aliphatic rings.